The molecule has 270 valence electrons. The highest BCUT2D eigenvalue weighted by Crippen LogP contribution is 2.53. The van der Waals surface area contributed by atoms with Crippen LogP contribution in [-0.2, 0) is 9.47 Å². The third-order valence-corrected chi connectivity index (χ3v) is 10.5. The normalized spacial score (nSPS) is 22.9. The summed E-state index contributed by atoms with van der Waals surface area (Å²) in [6.07, 6.45) is 6.85. The van der Waals surface area contributed by atoms with Gasteiger partial charge in [-0.25, -0.2) is 19.6 Å². The molecule has 4 heterocycles. The molecule has 10 nitrogen and oxygen atoms in total. The van der Waals surface area contributed by atoms with Gasteiger partial charge in [0.15, 0.2) is 0 Å². The Labute approximate surface area is 304 Å². The molecular formula is C42H48N6O4. The van der Waals surface area contributed by atoms with Crippen LogP contribution in [0.5, 0.6) is 0 Å². The second-order valence-corrected chi connectivity index (χ2v) is 16.7. The van der Waals surface area contributed by atoms with Crippen molar-refractivity contribution in [3.8, 4) is 33.6 Å². The van der Waals surface area contributed by atoms with Gasteiger partial charge in [0.2, 0.25) is 0 Å². The van der Waals surface area contributed by atoms with Crippen molar-refractivity contribution in [1.29, 1.82) is 0 Å². The molecule has 2 saturated heterocycles. The Hall–Kier alpha value is -5.12. The van der Waals surface area contributed by atoms with Crippen molar-refractivity contribution in [2.75, 3.05) is 0 Å². The van der Waals surface area contributed by atoms with Crippen LogP contribution in [0.15, 0.2) is 73.1 Å². The van der Waals surface area contributed by atoms with Gasteiger partial charge in [0, 0.05) is 17.6 Å². The van der Waals surface area contributed by atoms with Gasteiger partial charge in [-0.3, -0.25) is 9.80 Å². The van der Waals surface area contributed by atoms with E-state index in [-0.39, 0.29) is 36.4 Å². The first kappa shape index (κ1) is 34.0. The molecule has 0 spiro atoms. The van der Waals surface area contributed by atoms with E-state index in [9.17, 15) is 9.59 Å². The summed E-state index contributed by atoms with van der Waals surface area (Å²) in [7, 11) is 0. The van der Waals surface area contributed by atoms with Crippen molar-refractivity contribution in [1.82, 2.24) is 29.7 Å². The van der Waals surface area contributed by atoms with Crippen molar-refractivity contribution < 1.29 is 19.1 Å². The van der Waals surface area contributed by atoms with Gasteiger partial charge in [0.05, 0.1) is 35.9 Å². The number of carbonyl (C=O) groups is 2. The predicted molar refractivity (Wildman–Crippen MR) is 201 cm³/mol. The van der Waals surface area contributed by atoms with E-state index in [2.05, 4.69) is 77.6 Å². The SMILES string of the molecule is C[C@@H]1CC[C@@H](c2ncc(-c3ccc(-c4cccc5c(-c6cnc([C@@H]7C[C@H]8C[C@H]8N7C(=O)OC(C)(C)C)[nH]6)cccc45)cc3)[nH]2)N1C(=O)OC(C)(C)C. The molecule has 0 radical (unpaired) electrons. The molecule has 5 aromatic rings. The number of H-pyrrole nitrogens is 2. The first-order chi connectivity index (χ1) is 24.7. The maximum atomic E-state index is 13.2. The fourth-order valence-electron chi connectivity index (χ4n) is 8.07. The van der Waals surface area contributed by atoms with Gasteiger partial charge in [-0.05, 0) is 108 Å². The van der Waals surface area contributed by atoms with Crippen molar-refractivity contribution in [3.05, 3.63) is 84.7 Å². The third kappa shape index (κ3) is 6.44. The molecule has 0 bridgehead atoms. The maximum Gasteiger partial charge on any atom is 0.411 e. The van der Waals surface area contributed by atoms with E-state index in [0.29, 0.717) is 5.92 Å². The lowest BCUT2D eigenvalue weighted by Crippen LogP contribution is -2.40. The summed E-state index contributed by atoms with van der Waals surface area (Å²) in [5, 5.41) is 2.26. The van der Waals surface area contributed by atoms with Crippen LogP contribution >= 0.6 is 0 Å². The van der Waals surface area contributed by atoms with Crippen LogP contribution in [0.2, 0.25) is 0 Å². The molecule has 1 saturated carbocycles. The maximum absolute atomic E-state index is 13.2. The molecule has 10 heteroatoms. The number of nitrogens with zero attached hydrogens (tertiary/aromatic N) is 4. The number of nitrogens with one attached hydrogen (secondary N) is 2. The van der Waals surface area contributed by atoms with Gasteiger partial charge >= 0.3 is 12.2 Å². The Balaban J connectivity index is 1.03. The Morgan fingerprint density at radius 1 is 0.673 bits per heavy atom. The van der Waals surface area contributed by atoms with Crippen molar-refractivity contribution in [2.24, 2.45) is 5.92 Å². The van der Waals surface area contributed by atoms with Gasteiger partial charge in [-0.1, -0.05) is 60.7 Å². The summed E-state index contributed by atoms with van der Waals surface area (Å²) in [5.41, 5.74) is 5.05. The highest BCUT2D eigenvalue weighted by molar-refractivity contribution is 6.04. The fraction of sp³-hybridized carbons (Fsp3) is 0.429. The largest absolute Gasteiger partial charge is 0.444 e. The van der Waals surface area contributed by atoms with Crippen LogP contribution in [0, 0.1) is 5.92 Å². The van der Waals surface area contributed by atoms with E-state index >= 15 is 0 Å². The Bertz CT molecular complexity index is 2140. The number of hydrogen-bond acceptors (Lipinski definition) is 6. The number of aromatic amines is 2. The molecule has 0 unspecified atom stereocenters. The van der Waals surface area contributed by atoms with Crippen LogP contribution in [0.25, 0.3) is 44.4 Å². The number of piperidine rings is 1. The topological polar surface area (TPSA) is 116 Å². The molecular weight excluding hydrogens is 653 g/mol. The van der Waals surface area contributed by atoms with E-state index in [4.69, 9.17) is 19.4 Å². The second kappa shape index (κ2) is 12.5. The van der Waals surface area contributed by atoms with Crippen molar-refractivity contribution >= 4 is 23.0 Å². The molecule has 52 heavy (non-hydrogen) atoms. The summed E-state index contributed by atoms with van der Waals surface area (Å²) in [6, 6.07) is 21.3. The monoisotopic (exact) mass is 700 g/mol. The van der Waals surface area contributed by atoms with E-state index < -0.39 is 11.2 Å². The predicted octanol–water partition coefficient (Wildman–Crippen LogP) is 9.82. The highest BCUT2D eigenvalue weighted by Gasteiger charge is 2.56. The zero-order valence-electron chi connectivity index (χ0n) is 31.1. The number of imidazole rings is 2. The average molecular weight is 701 g/mol. The van der Waals surface area contributed by atoms with Crippen molar-refractivity contribution in [2.45, 2.75) is 110 Å². The standard InChI is InChI=1S/C42H48N6O4/c1-24-14-19-34(47(24)39(49)51-41(2,3)4)37-43-22-32(45-37)26-17-15-25(16-18-26)28-10-8-12-30-29(28)11-9-13-31(30)33-23-44-38(46-33)36-21-27-20-35(27)48(36)40(50)52-42(5,6)7/h8-13,15-18,22-24,27,34-36H,14,19-21H2,1-7H3,(H,43,45)(H,44,46)/t24-,27-,34+,35-,36+/m1/s1. The zero-order valence-corrected chi connectivity index (χ0v) is 31.1. The average Bonchev–Trinajstić information content (AvgIpc) is 3.57. The summed E-state index contributed by atoms with van der Waals surface area (Å²) in [6.45, 7) is 13.5. The minimum Gasteiger partial charge on any atom is -0.444 e. The van der Waals surface area contributed by atoms with Crippen LogP contribution < -0.4 is 0 Å². The molecule has 2 N–H and O–H groups in total. The third-order valence-electron chi connectivity index (χ3n) is 10.5. The number of rotatable bonds is 5. The number of amides is 2. The van der Waals surface area contributed by atoms with Gasteiger partial charge in [-0.2, -0.15) is 0 Å². The molecule has 3 aromatic carbocycles. The Morgan fingerprint density at radius 2 is 1.23 bits per heavy atom. The van der Waals surface area contributed by atoms with E-state index in [0.717, 1.165) is 81.7 Å². The van der Waals surface area contributed by atoms with E-state index in [1.807, 2.05) is 63.7 Å². The number of fused-ring (bicyclic) bond motifs is 2. The molecule has 2 amide bonds. The summed E-state index contributed by atoms with van der Waals surface area (Å²) in [4.78, 5) is 46.6. The zero-order chi connectivity index (χ0) is 36.5. The molecule has 8 rings (SSSR count). The smallest absolute Gasteiger partial charge is 0.411 e. The van der Waals surface area contributed by atoms with Gasteiger partial charge in [-0.15, -0.1) is 0 Å². The molecule has 3 fully saturated rings. The number of ether oxygens (including phenoxy) is 2. The number of hydrogen-bond donors (Lipinski definition) is 2. The minimum atomic E-state index is -0.559. The lowest BCUT2D eigenvalue weighted by atomic mass is 9.94. The second-order valence-electron chi connectivity index (χ2n) is 16.7. The van der Waals surface area contributed by atoms with Gasteiger partial charge < -0.3 is 19.4 Å². The minimum absolute atomic E-state index is 0.0801. The molecule has 3 aliphatic rings. The van der Waals surface area contributed by atoms with Crippen LogP contribution in [-0.4, -0.2) is 65.2 Å². The number of likely N-dealkylation sites (tertiary alicyclic amines) is 2. The molecule has 2 aliphatic heterocycles. The lowest BCUT2D eigenvalue weighted by molar-refractivity contribution is 0.0147. The van der Waals surface area contributed by atoms with E-state index in [1.165, 1.54) is 0 Å². The molecule has 5 atom stereocenters. The Morgan fingerprint density at radius 3 is 1.90 bits per heavy atom. The summed E-state index contributed by atoms with van der Waals surface area (Å²) < 4.78 is 11.5. The quantitative estimate of drug-likeness (QED) is 0.189. The van der Waals surface area contributed by atoms with Gasteiger partial charge in [0.25, 0.3) is 0 Å². The number of aromatic nitrogens is 4. The summed E-state index contributed by atoms with van der Waals surface area (Å²) in [5.74, 6) is 2.09. The lowest BCUT2D eigenvalue weighted by Gasteiger charge is -2.30. The molecule has 1 aliphatic carbocycles. The fourth-order valence-corrected chi connectivity index (χ4v) is 8.07. The highest BCUT2D eigenvalue weighted by atomic mass is 16.6. The first-order valence-electron chi connectivity index (χ1n) is 18.5. The van der Waals surface area contributed by atoms with Crippen LogP contribution in [0.3, 0.4) is 0 Å². The van der Waals surface area contributed by atoms with Crippen LogP contribution in [0.4, 0.5) is 9.59 Å². The molecule has 2 aromatic heterocycles. The van der Waals surface area contributed by atoms with Gasteiger partial charge in [0.1, 0.15) is 22.9 Å². The number of carbonyl (C=O) groups excluding carboxylic acids is 2. The Kier molecular flexibility index (Phi) is 8.19. The van der Waals surface area contributed by atoms with E-state index in [1.54, 1.807) is 0 Å². The van der Waals surface area contributed by atoms with Crippen LogP contribution in [0.1, 0.15) is 97.9 Å². The first-order valence-corrected chi connectivity index (χ1v) is 18.5. The van der Waals surface area contributed by atoms with Crippen molar-refractivity contribution in [3.63, 3.8) is 0 Å². The number of benzene rings is 3. The summed E-state index contributed by atoms with van der Waals surface area (Å²) >= 11 is 0.